The van der Waals surface area contributed by atoms with E-state index in [9.17, 15) is 14.6 Å². The van der Waals surface area contributed by atoms with E-state index in [1.54, 1.807) is 31.4 Å². The van der Waals surface area contributed by atoms with Crippen LogP contribution < -0.4 is 10.5 Å². The van der Waals surface area contributed by atoms with E-state index >= 15 is 0 Å². The maximum atomic E-state index is 13.6. The molecule has 6 heteroatoms. The van der Waals surface area contributed by atoms with Gasteiger partial charge in [0.2, 0.25) is 0 Å². The van der Waals surface area contributed by atoms with Crippen molar-refractivity contribution >= 4 is 5.69 Å². The van der Waals surface area contributed by atoms with Gasteiger partial charge in [-0.3, -0.25) is 0 Å². The third kappa shape index (κ3) is 2.71. The summed E-state index contributed by atoms with van der Waals surface area (Å²) in [7, 11) is 2.97. The summed E-state index contributed by atoms with van der Waals surface area (Å²) in [6, 6.07) is 7.90. The highest BCUT2D eigenvalue weighted by Crippen LogP contribution is 2.41. The van der Waals surface area contributed by atoms with Crippen molar-refractivity contribution < 1.29 is 24.1 Å². The Hall–Kier alpha value is -2.47. The van der Waals surface area contributed by atoms with Gasteiger partial charge < -0.3 is 25.4 Å². The predicted octanol–water partition coefficient (Wildman–Crippen LogP) is 2.56. The molecule has 0 radical (unpaired) electrons. The third-order valence-corrected chi connectivity index (χ3v) is 3.23. The molecule has 0 amide bonds. The molecule has 0 saturated heterocycles. The number of rotatable bonds is 4. The molecule has 21 heavy (non-hydrogen) atoms. The largest absolute Gasteiger partial charge is 0.505 e. The molecule has 5 nitrogen and oxygen atoms in total. The number of hydrogen-bond acceptors (Lipinski definition) is 5. The maximum Gasteiger partial charge on any atom is 0.178 e. The first-order valence-electron chi connectivity index (χ1n) is 6.16. The maximum absolute atomic E-state index is 13.6. The molecule has 1 unspecified atom stereocenters. The number of nitrogens with two attached hydrogens (primary N) is 1. The predicted molar refractivity (Wildman–Crippen MR) is 76.0 cm³/mol. The molecule has 0 heterocycles. The molecule has 2 aromatic carbocycles. The minimum Gasteiger partial charge on any atom is -0.505 e. The van der Waals surface area contributed by atoms with Crippen LogP contribution >= 0.6 is 0 Å². The van der Waals surface area contributed by atoms with Crippen LogP contribution in [0.5, 0.6) is 17.2 Å². The smallest absolute Gasteiger partial charge is 0.178 e. The Morgan fingerprint density at radius 1 is 1.10 bits per heavy atom. The Kier molecular flexibility index (Phi) is 4.18. The van der Waals surface area contributed by atoms with Crippen molar-refractivity contribution in [3.63, 3.8) is 0 Å². The highest BCUT2D eigenvalue weighted by Gasteiger charge is 2.23. The minimum absolute atomic E-state index is 0.135. The van der Waals surface area contributed by atoms with Gasteiger partial charge in [0.25, 0.3) is 0 Å². The number of phenols is 2. The lowest BCUT2D eigenvalue weighted by atomic mass is 9.99. The first kappa shape index (κ1) is 14.9. The van der Waals surface area contributed by atoms with Crippen molar-refractivity contribution in [2.45, 2.75) is 6.10 Å². The van der Waals surface area contributed by atoms with Gasteiger partial charge in [-0.25, -0.2) is 4.39 Å². The van der Waals surface area contributed by atoms with Crippen molar-refractivity contribution in [1.29, 1.82) is 0 Å². The van der Waals surface area contributed by atoms with Gasteiger partial charge in [0.1, 0.15) is 23.3 Å². The third-order valence-electron chi connectivity index (χ3n) is 3.23. The van der Waals surface area contributed by atoms with E-state index in [-0.39, 0.29) is 5.56 Å². The number of ether oxygens (including phenoxy) is 2. The highest BCUT2D eigenvalue weighted by molar-refractivity contribution is 5.66. The fourth-order valence-corrected chi connectivity index (χ4v) is 2.09. The van der Waals surface area contributed by atoms with Gasteiger partial charge in [0.15, 0.2) is 11.6 Å². The Labute approximate surface area is 121 Å². The van der Waals surface area contributed by atoms with Crippen molar-refractivity contribution in [1.82, 2.24) is 0 Å². The summed E-state index contributed by atoms with van der Waals surface area (Å²) >= 11 is 0. The summed E-state index contributed by atoms with van der Waals surface area (Å²) < 4.78 is 24.0. The standard InChI is InChI=1S/C15H16FNO4/c1-20-9-5-3-8(4-6-9)15(21-2)10-7-11(16)14(19)12(17)13(10)18/h3-7,15,18-19H,17H2,1-2H3. The number of hydrogen-bond donors (Lipinski definition) is 3. The van der Waals surface area contributed by atoms with Crippen LogP contribution in [0.15, 0.2) is 30.3 Å². The zero-order chi connectivity index (χ0) is 15.6. The molecular weight excluding hydrogens is 277 g/mol. The van der Waals surface area contributed by atoms with Crippen molar-refractivity contribution in [2.75, 3.05) is 20.0 Å². The molecule has 1 atom stereocenters. The monoisotopic (exact) mass is 293 g/mol. The average Bonchev–Trinajstić information content (AvgIpc) is 2.51. The lowest BCUT2D eigenvalue weighted by Gasteiger charge is -2.19. The number of nitrogen functional groups attached to an aromatic ring is 1. The summed E-state index contributed by atoms with van der Waals surface area (Å²) in [5, 5.41) is 19.4. The molecule has 4 N–H and O–H groups in total. The number of halogens is 1. The summed E-state index contributed by atoms with van der Waals surface area (Å²) in [4.78, 5) is 0. The molecule has 112 valence electrons. The molecule has 0 aliphatic carbocycles. The van der Waals surface area contributed by atoms with Crippen LogP contribution in [0.1, 0.15) is 17.2 Å². The molecule has 0 bridgehead atoms. The summed E-state index contributed by atoms with van der Waals surface area (Å²) in [6.07, 6.45) is -0.728. The number of aromatic hydroxyl groups is 2. The molecule has 0 saturated carbocycles. The molecule has 0 spiro atoms. The van der Waals surface area contributed by atoms with Crippen molar-refractivity contribution in [2.24, 2.45) is 0 Å². The van der Waals surface area contributed by atoms with Gasteiger partial charge in [0, 0.05) is 12.7 Å². The first-order valence-corrected chi connectivity index (χ1v) is 6.16. The lowest BCUT2D eigenvalue weighted by molar-refractivity contribution is 0.133. The Morgan fingerprint density at radius 2 is 1.71 bits per heavy atom. The number of anilines is 1. The van der Waals surface area contributed by atoms with Crippen LogP contribution in [0.4, 0.5) is 10.1 Å². The molecule has 0 fully saturated rings. The van der Waals surface area contributed by atoms with E-state index in [4.69, 9.17) is 15.2 Å². The molecule has 2 aromatic rings. The molecule has 0 aliphatic rings. The first-order chi connectivity index (χ1) is 9.99. The lowest BCUT2D eigenvalue weighted by Crippen LogP contribution is -2.06. The summed E-state index contributed by atoms with van der Waals surface area (Å²) in [5.74, 6) is -1.44. The van der Waals surface area contributed by atoms with Crippen LogP contribution in [0.3, 0.4) is 0 Å². The second kappa shape index (κ2) is 5.88. The molecular formula is C15H16FNO4. The number of phenolic OH excluding ortho intramolecular Hbond substituents is 2. The highest BCUT2D eigenvalue weighted by atomic mass is 19.1. The van der Waals surface area contributed by atoms with Crippen LogP contribution in [0.25, 0.3) is 0 Å². The SMILES string of the molecule is COc1ccc(C(OC)c2cc(F)c(O)c(N)c2O)cc1. The van der Waals surface area contributed by atoms with E-state index in [0.717, 1.165) is 6.07 Å². The summed E-state index contributed by atoms with van der Waals surface area (Å²) in [6.45, 7) is 0. The fourth-order valence-electron chi connectivity index (χ4n) is 2.09. The van der Waals surface area contributed by atoms with Crippen molar-refractivity contribution in [3.05, 3.63) is 47.3 Å². The van der Waals surface area contributed by atoms with Crippen LogP contribution in [0.2, 0.25) is 0 Å². The second-order valence-electron chi connectivity index (χ2n) is 4.45. The minimum atomic E-state index is -0.920. The normalized spacial score (nSPS) is 12.1. The Bertz CT molecular complexity index is 643. The quantitative estimate of drug-likeness (QED) is 0.596. The topological polar surface area (TPSA) is 84.9 Å². The van der Waals surface area contributed by atoms with Gasteiger partial charge in [0.05, 0.1) is 7.11 Å². The molecule has 2 rings (SSSR count). The van der Waals surface area contributed by atoms with Crippen LogP contribution in [-0.2, 0) is 4.74 Å². The Morgan fingerprint density at radius 3 is 2.24 bits per heavy atom. The summed E-state index contributed by atoms with van der Waals surface area (Å²) in [5.41, 5.74) is 5.88. The van der Waals surface area contributed by atoms with Gasteiger partial charge in [-0.15, -0.1) is 0 Å². The van der Waals surface area contributed by atoms with Gasteiger partial charge in [-0.2, -0.15) is 0 Å². The van der Waals surface area contributed by atoms with E-state index in [2.05, 4.69) is 0 Å². The van der Waals surface area contributed by atoms with Gasteiger partial charge in [-0.05, 0) is 23.8 Å². The van der Waals surface area contributed by atoms with E-state index in [0.29, 0.717) is 11.3 Å². The van der Waals surface area contributed by atoms with E-state index in [1.165, 1.54) is 7.11 Å². The second-order valence-corrected chi connectivity index (χ2v) is 4.45. The van der Waals surface area contributed by atoms with Gasteiger partial charge in [-0.1, -0.05) is 12.1 Å². The molecule has 0 aromatic heterocycles. The van der Waals surface area contributed by atoms with Crippen molar-refractivity contribution in [3.8, 4) is 17.2 Å². The molecule has 0 aliphatic heterocycles. The van der Waals surface area contributed by atoms with Crippen LogP contribution in [-0.4, -0.2) is 24.4 Å². The average molecular weight is 293 g/mol. The number of methoxy groups -OCH3 is 2. The zero-order valence-corrected chi connectivity index (χ0v) is 11.6. The zero-order valence-electron chi connectivity index (χ0n) is 11.6. The van der Waals surface area contributed by atoms with Gasteiger partial charge >= 0.3 is 0 Å². The van der Waals surface area contributed by atoms with E-state index in [1.807, 2.05) is 0 Å². The Balaban J connectivity index is 2.50. The van der Waals surface area contributed by atoms with Crippen LogP contribution in [0, 0.1) is 5.82 Å². The van der Waals surface area contributed by atoms with E-state index < -0.39 is 29.1 Å². The number of benzene rings is 2. The fraction of sp³-hybridized carbons (Fsp3) is 0.200.